The van der Waals surface area contributed by atoms with Gasteiger partial charge in [-0.15, -0.1) is 0 Å². The van der Waals surface area contributed by atoms with Crippen LogP contribution in [0.25, 0.3) is 0 Å². The fourth-order valence-electron chi connectivity index (χ4n) is 2.91. The van der Waals surface area contributed by atoms with Crippen LogP contribution in [0.1, 0.15) is 57.8 Å². The van der Waals surface area contributed by atoms with Gasteiger partial charge in [0.25, 0.3) is 0 Å². The summed E-state index contributed by atoms with van der Waals surface area (Å²) in [6.07, 6.45) is 5.92. The average Bonchev–Trinajstić information content (AvgIpc) is 2.81. The Bertz CT molecular complexity index is 444. The molecule has 0 bridgehead atoms. The zero-order valence-corrected chi connectivity index (χ0v) is 13.3. The fraction of sp³-hybridized carbons (Fsp3) is 0.750. The molecule has 0 spiro atoms. The molecule has 0 amide bonds. The van der Waals surface area contributed by atoms with Crippen molar-refractivity contribution in [2.75, 3.05) is 17.2 Å². The molecule has 2 N–H and O–H groups in total. The van der Waals surface area contributed by atoms with E-state index < -0.39 is 0 Å². The number of nitrogens with zero attached hydrogens (tertiary/aromatic N) is 2. The Labute approximate surface area is 122 Å². The molecule has 0 radical (unpaired) electrons. The summed E-state index contributed by atoms with van der Waals surface area (Å²) < 4.78 is 0. The van der Waals surface area contributed by atoms with Gasteiger partial charge in [0.05, 0.1) is 0 Å². The third kappa shape index (κ3) is 3.41. The molecular weight excluding hydrogens is 248 g/mol. The maximum atomic E-state index is 4.74. The minimum Gasteiger partial charge on any atom is -0.370 e. The van der Waals surface area contributed by atoms with Crippen LogP contribution in [0, 0.1) is 12.8 Å². The second-order valence-corrected chi connectivity index (χ2v) is 5.90. The highest BCUT2D eigenvalue weighted by atomic mass is 15.1. The molecule has 2 unspecified atom stereocenters. The molecule has 0 aliphatic heterocycles. The lowest BCUT2D eigenvalue weighted by molar-refractivity contribution is 0.554. The standard InChI is InChI=1S/C16H28N4/c1-5-8-14-19-15(17-6-2)12(4)16(20-14)18-13-10-7-9-11(13)3/h11,13H,5-10H2,1-4H3,(H2,17,18,19,20). The molecule has 1 heterocycles. The van der Waals surface area contributed by atoms with Crippen molar-refractivity contribution < 1.29 is 0 Å². The maximum absolute atomic E-state index is 4.74. The molecule has 20 heavy (non-hydrogen) atoms. The smallest absolute Gasteiger partial charge is 0.135 e. The minimum absolute atomic E-state index is 0.563. The van der Waals surface area contributed by atoms with E-state index in [1.54, 1.807) is 0 Å². The SMILES string of the molecule is CCCc1nc(NCC)c(C)c(NC2CCCC2C)n1. The van der Waals surface area contributed by atoms with E-state index in [2.05, 4.69) is 43.3 Å². The average molecular weight is 276 g/mol. The van der Waals surface area contributed by atoms with E-state index in [0.717, 1.165) is 48.3 Å². The number of aryl methyl sites for hydroxylation is 1. The van der Waals surface area contributed by atoms with E-state index in [-0.39, 0.29) is 0 Å². The Kier molecular flexibility index (Phi) is 5.21. The second kappa shape index (κ2) is 6.91. The molecule has 4 nitrogen and oxygen atoms in total. The van der Waals surface area contributed by atoms with Crippen LogP contribution in [0.3, 0.4) is 0 Å². The summed E-state index contributed by atoms with van der Waals surface area (Å²) in [6, 6.07) is 0.563. The zero-order chi connectivity index (χ0) is 14.5. The lowest BCUT2D eigenvalue weighted by Crippen LogP contribution is -2.24. The lowest BCUT2D eigenvalue weighted by atomic mass is 10.1. The van der Waals surface area contributed by atoms with Gasteiger partial charge in [-0.05, 0) is 39.0 Å². The van der Waals surface area contributed by atoms with Crippen LogP contribution in [0.4, 0.5) is 11.6 Å². The first-order valence-electron chi connectivity index (χ1n) is 8.03. The van der Waals surface area contributed by atoms with Crippen LogP contribution < -0.4 is 10.6 Å². The van der Waals surface area contributed by atoms with Gasteiger partial charge in [0.2, 0.25) is 0 Å². The number of nitrogens with one attached hydrogen (secondary N) is 2. The summed E-state index contributed by atoms with van der Waals surface area (Å²) in [5, 5.41) is 7.03. The highest BCUT2D eigenvalue weighted by molar-refractivity contribution is 5.57. The molecule has 2 rings (SSSR count). The molecular formula is C16H28N4. The molecule has 1 fully saturated rings. The fourth-order valence-corrected chi connectivity index (χ4v) is 2.91. The van der Waals surface area contributed by atoms with Crippen LogP contribution in [0.15, 0.2) is 0 Å². The van der Waals surface area contributed by atoms with E-state index in [1.807, 2.05) is 0 Å². The highest BCUT2D eigenvalue weighted by Gasteiger charge is 2.24. The molecule has 2 atom stereocenters. The Hall–Kier alpha value is -1.32. The molecule has 1 aliphatic rings. The molecule has 1 aromatic heterocycles. The number of rotatable bonds is 6. The van der Waals surface area contributed by atoms with Gasteiger partial charge in [0.15, 0.2) is 0 Å². The molecule has 0 aromatic carbocycles. The summed E-state index contributed by atoms with van der Waals surface area (Å²) in [5.74, 6) is 3.70. The minimum atomic E-state index is 0.563. The second-order valence-electron chi connectivity index (χ2n) is 5.90. The van der Waals surface area contributed by atoms with E-state index in [4.69, 9.17) is 4.98 Å². The third-order valence-corrected chi connectivity index (χ3v) is 4.19. The maximum Gasteiger partial charge on any atom is 0.135 e. The summed E-state index contributed by atoms with van der Waals surface area (Å²) in [4.78, 5) is 9.38. The highest BCUT2D eigenvalue weighted by Crippen LogP contribution is 2.29. The first-order chi connectivity index (χ1) is 9.65. The van der Waals surface area contributed by atoms with Crippen LogP contribution in [0.2, 0.25) is 0 Å². The topological polar surface area (TPSA) is 49.8 Å². The number of anilines is 2. The van der Waals surface area contributed by atoms with E-state index >= 15 is 0 Å². The van der Waals surface area contributed by atoms with Gasteiger partial charge in [-0.3, -0.25) is 0 Å². The normalized spacial score (nSPS) is 22.0. The van der Waals surface area contributed by atoms with Gasteiger partial charge in [-0.25, -0.2) is 9.97 Å². The summed E-state index contributed by atoms with van der Waals surface area (Å²) in [6.45, 7) is 9.60. The Morgan fingerprint density at radius 3 is 2.50 bits per heavy atom. The van der Waals surface area contributed by atoms with Crippen LogP contribution in [-0.2, 0) is 6.42 Å². The predicted molar refractivity (Wildman–Crippen MR) is 85.4 cm³/mol. The van der Waals surface area contributed by atoms with Crippen molar-refractivity contribution in [1.29, 1.82) is 0 Å². The van der Waals surface area contributed by atoms with Crippen molar-refractivity contribution in [1.82, 2.24) is 9.97 Å². The van der Waals surface area contributed by atoms with Gasteiger partial charge in [0.1, 0.15) is 17.5 Å². The summed E-state index contributed by atoms with van der Waals surface area (Å²) >= 11 is 0. The summed E-state index contributed by atoms with van der Waals surface area (Å²) in [5.41, 5.74) is 1.14. The number of hydrogen-bond donors (Lipinski definition) is 2. The Morgan fingerprint density at radius 1 is 1.15 bits per heavy atom. The van der Waals surface area contributed by atoms with Gasteiger partial charge < -0.3 is 10.6 Å². The van der Waals surface area contributed by atoms with Crippen molar-refractivity contribution in [3.8, 4) is 0 Å². The first kappa shape index (κ1) is 15.1. The van der Waals surface area contributed by atoms with Gasteiger partial charge in [0, 0.05) is 24.6 Å². The molecule has 1 aromatic rings. The van der Waals surface area contributed by atoms with Crippen molar-refractivity contribution in [2.24, 2.45) is 5.92 Å². The van der Waals surface area contributed by atoms with Crippen LogP contribution >= 0.6 is 0 Å². The van der Waals surface area contributed by atoms with Crippen molar-refractivity contribution >= 4 is 11.6 Å². The largest absolute Gasteiger partial charge is 0.370 e. The molecule has 1 aliphatic carbocycles. The first-order valence-corrected chi connectivity index (χ1v) is 8.03. The molecule has 4 heteroatoms. The molecule has 0 saturated heterocycles. The lowest BCUT2D eigenvalue weighted by Gasteiger charge is -2.21. The van der Waals surface area contributed by atoms with Gasteiger partial charge >= 0.3 is 0 Å². The quantitative estimate of drug-likeness (QED) is 0.830. The van der Waals surface area contributed by atoms with E-state index in [1.165, 1.54) is 19.3 Å². The van der Waals surface area contributed by atoms with E-state index in [9.17, 15) is 0 Å². The number of hydrogen-bond acceptors (Lipinski definition) is 4. The van der Waals surface area contributed by atoms with Gasteiger partial charge in [-0.2, -0.15) is 0 Å². The Balaban J connectivity index is 2.24. The van der Waals surface area contributed by atoms with Crippen LogP contribution in [0.5, 0.6) is 0 Å². The van der Waals surface area contributed by atoms with Gasteiger partial charge in [-0.1, -0.05) is 20.3 Å². The number of aromatic nitrogens is 2. The monoisotopic (exact) mass is 276 g/mol. The molecule has 1 saturated carbocycles. The third-order valence-electron chi connectivity index (χ3n) is 4.19. The summed E-state index contributed by atoms with van der Waals surface area (Å²) in [7, 11) is 0. The van der Waals surface area contributed by atoms with Crippen molar-refractivity contribution in [3.63, 3.8) is 0 Å². The van der Waals surface area contributed by atoms with Crippen molar-refractivity contribution in [3.05, 3.63) is 11.4 Å². The van der Waals surface area contributed by atoms with Crippen LogP contribution in [-0.4, -0.2) is 22.6 Å². The van der Waals surface area contributed by atoms with Crippen molar-refractivity contribution in [2.45, 2.75) is 65.8 Å². The van der Waals surface area contributed by atoms with E-state index in [0.29, 0.717) is 6.04 Å². The zero-order valence-electron chi connectivity index (χ0n) is 13.3. The Morgan fingerprint density at radius 2 is 1.90 bits per heavy atom. The molecule has 112 valence electrons. The predicted octanol–water partition coefficient (Wildman–Crippen LogP) is 3.77.